The molecule has 0 radical (unpaired) electrons. The molecule has 1 aliphatic rings. The Morgan fingerprint density at radius 3 is 2.67 bits per heavy atom. The van der Waals surface area contributed by atoms with Gasteiger partial charge in [-0.15, -0.1) is 0 Å². The third-order valence-electron chi connectivity index (χ3n) is 3.87. The van der Waals surface area contributed by atoms with Crippen molar-refractivity contribution in [2.24, 2.45) is 11.1 Å². The molecule has 0 bridgehead atoms. The highest BCUT2D eigenvalue weighted by Crippen LogP contribution is 2.41. The Kier molecular flexibility index (Phi) is 4.07. The predicted molar refractivity (Wildman–Crippen MR) is 74.7 cm³/mol. The first-order valence-corrected chi connectivity index (χ1v) is 6.96. The van der Waals surface area contributed by atoms with Gasteiger partial charge in [-0.25, -0.2) is 0 Å². The topological polar surface area (TPSA) is 52.3 Å². The number of carbonyl (C=O) groups excluding carboxylic acids is 1. The van der Waals surface area contributed by atoms with E-state index in [1.54, 1.807) is 7.11 Å². The van der Waals surface area contributed by atoms with Gasteiger partial charge in [-0.1, -0.05) is 12.5 Å². The molecule has 0 unspecified atom stereocenters. The van der Waals surface area contributed by atoms with E-state index in [2.05, 4.69) is 15.9 Å². The van der Waals surface area contributed by atoms with E-state index < -0.39 is 0 Å². The minimum Gasteiger partial charge on any atom is -0.496 e. The summed E-state index contributed by atoms with van der Waals surface area (Å²) < 4.78 is 6.05. The highest BCUT2D eigenvalue weighted by Gasteiger charge is 2.41. The Morgan fingerprint density at radius 1 is 1.50 bits per heavy atom. The van der Waals surface area contributed by atoms with Gasteiger partial charge in [0, 0.05) is 18.4 Å². The molecule has 0 aliphatic heterocycles. The molecule has 98 valence electrons. The van der Waals surface area contributed by atoms with Crippen LogP contribution >= 0.6 is 15.9 Å². The molecule has 1 aromatic carbocycles. The monoisotopic (exact) mass is 311 g/mol. The lowest BCUT2D eigenvalue weighted by atomic mass is 9.65. The molecule has 0 saturated heterocycles. The smallest absolute Gasteiger partial charge is 0.144 e. The first-order chi connectivity index (χ1) is 8.61. The van der Waals surface area contributed by atoms with Gasteiger partial charge < -0.3 is 10.5 Å². The molecule has 0 aromatic heterocycles. The standard InChI is InChI=1S/C14H18BrNO2/c1-18-12-4-3-10(7-11(12)15)8-13(17)14(9-16)5-2-6-14/h3-4,7H,2,5-6,8-9,16H2,1H3. The summed E-state index contributed by atoms with van der Waals surface area (Å²) >= 11 is 3.43. The number of methoxy groups -OCH3 is 1. The van der Waals surface area contributed by atoms with Gasteiger partial charge in [0.05, 0.1) is 11.6 Å². The lowest BCUT2D eigenvalue weighted by Crippen LogP contribution is -2.45. The third-order valence-corrected chi connectivity index (χ3v) is 4.49. The summed E-state index contributed by atoms with van der Waals surface area (Å²) in [5.41, 5.74) is 6.51. The molecule has 0 atom stereocenters. The number of Topliss-reactive ketones (excluding diaryl/α,β-unsaturated/α-hetero) is 1. The first kappa shape index (κ1) is 13.6. The summed E-state index contributed by atoms with van der Waals surface area (Å²) in [5.74, 6) is 1.05. The van der Waals surface area contributed by atoms with Crippen molar-refractivity contribution in [3.05, 3.63) is 28.2 Å². The molecule has 4 heteroatoms. The quantitative estimate of drug-likeness (QED) is 0.909. The SMILES string of the molecule is COc1ccc(CC(=O)C2(CN)CCC2)cc1Br. The van der Waals surface area contributed by atoms with Gasteiger partial charge in [0.1, 0.15) is 11.5 Å². The molecule has 0 heterocycles. The van der Waals surface area contributed by atoms with Crippen molar-refractivity contribution >= 4 is 21.7 Å². The zero-order chi connectivity index (χ0) is 13.2. The fraction of sp³-hybridized carbons (Fsp3) is 0.500. The molecule has 0 spiro atoms. The van der Waals surface area contributed by atoms with E-state index in [1.165, 1.54) is 0 Å². The van der Waals surface area contributed by atoms with Crippen molar-refractivity contribution in [2.45, 2.75) is 25.7 Å². The van der Waals surface area contributed by atoms with Crippen LogP contribution in [0.2, 0.25) is 0 Å². The average molecular weight is 312 g/mol. The highest BCUT2D eigenvalue weighted by atomic mass is 79.9. The Morgan fingerprint density at radius 2 is 2.22 bits per heavy atom. The van der Waals surface area contributed by atoms with Crippen molar-refractivity contribution in [2.75, 3.05) is 13.7 Å². The van der Waals surface area contributed by atoms with Crippen LogP contribution in [-0.2, 0) is 11.2 Å². The van der Waals surface area contributed by atoms with E-state index in [0.29, 0.717) is 13.0 Å². The van der Waals surface area contributed by atoms with Crippen molar-refractivity contribution < 1.29 is 9.53 Å². The van der Waals surface area contributed by atoms with Crippen LogP contribution in [0.4, 0.5) is 0 Å². The van der Waals surface area contributed by atoms with Crippen LogP contribution < -0.4 is 10.5 Å². The lowest BCUT2D eigenvalue weighted by Gasteiger charge is -2.39. The summed E-state index contributed by atoms with van der Waals surface area (Å²) in [6.07, 6.45) is 3.47. The zero-order valence-corrected chi connectivity index (χ0v) is 12.1. The van der Waals surface area contributed by atoms with E-state index >= 15 is 0 Å². The number of rotatable bonds is 5. The molecule has 2 N–H and O–H groups in total. The third kappa shape index (κ3) is 2.45. The van der Waals surface area contributed by atoms with Crippen molar-refractivity contribution in [3.8, 4) is 5.75 Å². The van der Waals surface area contributed by atoms with Crippen molar-refractivity contribution in [1.29, 1.82) is 0 Å². The number of hydrogen-bond acceptors (Lipinski definition) is 3. The van der Waals surface area contributed by atoms with Crippen LogP contribution in [-0.4, -0.2) is 19.4 Å². The van der Waals surface area contributed by atoms with E-state index in [1.807, 2.05) is 18.2 Å². The van der Waals surface area contributed by atoms with Gasteiger partial charge in [0.2, 0.25) is 0 Å². The summed E-state index contributed by atoms with van der Waals surface area (Å²) in [5, 5.41) is 0. The molecule has 3 nitrogen and oxygen atoms in total. The molecule has 1 aromatic rings. The van der Waals surface area contributed by atoms with E-state index in [-0.39, 0.29) is 11.2 Å². The summed E-state index contributed by atoms with van der Waals surface area (Å²) in [4.78, 5) is 12.3. The maximum absolute atomic E-state index is 12.3. The summed E-state index contributed by atoms with van der Waals surface area (Å²) in [6.45, 7) is 0.475. The second-order valence-electron chi connectivity index (χ2n) is 4.91. The van der Waals surface area contributed by atoms with Gasteiger partial charge in [-0.3, -0.25) is 4.79 Å². The number of carbonyl (C=O) groups is 1. The molecular formula is C14H18BrNO2. The van der Waals surface area contributed by atoms with Crippen LogP contribution in [0.5, 0.6) is 5.75 Å². The molecule has 1 aliphatic carbocycles. The summed E-state index contributed by atoms with van der Waals surface area (Å²) in [7, 11) is 1.63. The van der Waals surface area contributed by atoms with Crippen LogP contribution in [0.3, 0.4) is 0 Å². The van der Waals surface area contributed by atoms with E-state index in [4.69, 9.17) is 10.5 Å². The van der Waals surface area contributed by atoms with Gasteiger partial charge in [-0.05, 0) is 46.5 Å². The second kappa shape index (κ2) is 5.41. The lowest BCUT2D eigenvalue weighted by molar-refractivity contribution is -0.132. The van der Waals surface area contributed by atoms with Crippen LogP contribution in [0, 0.1) is 5.41 Å². The average Bonchev–Trinajstić information content (AvgIpc) is 2.28. The van der Waals surface area contributed by atoms with Gasteiger partial charge in [-0.2, -0.15) is 0 Å². The maximum Gasteiger partial charge on any atom is 0.144 e. The predicted octanol–water partition coefficient (Wildman–Crippen LogP) is 2.70. The second-order valence-corrected chi connectivity index (χ2v) is 5.76. The number of ether oxygens (including phenoxy) is 1. The molecule has 18 heavy (non-hydrogen) atoms. The fourth-order valence-corrected chi connectivity index (χ4v) is 2.98. The van der Waals surface area contributed by atoms with Crippen LogP contribution in [0.15, 0.2) is 22.7 Å². The molecule has 0 amide bonds. The Balaban J connectivity index is 2.10. The number of halogens is 1. The van der Waals surface area contributed by atoms with Crippen molar-refractivity contribution in [1.82, 2.24) is 0 Å². The number of ketones is 1. The van der Waals surface area contributed by atoms with Crippen LogP contribution in [0.25, 0.3) is 0 Å². The van der Waals surface area contributed by atoms with Gasteiger partial charge in [0.15, 0.2) is 0 Å². The number of benzene rings is 1. The zero-order valence-electron chi connectivity index (χ0n) is 10.5. The molecule has 2 rings (SSSR count). The van der Waals surface area contributed by atoms with Gasteiger partial charge in [0.25, 0.3) is 0 Å². The van der Waals surface area contributed by atoms with E-state index in [0.717, 1.165) is 35.0 Å². The Labute approximate surface area is 116 Å². The summed E-state index contributed by atoms with van der Waals surface area (Å²) in [6, 6.07) is 5.76. The number of nitrogens with two attached hydrogens (primary N) is 1. The normalized spacial score (nSPS) is 17.1. The maximum atomic E-state index is 12.3. The van der Waals surface area contributed by atoms with Crippen molar-refractivity contribution in [3.63, 3.8) is 0 Å². The minimum absolute atomic E-state index is 0.244. The minimum atomic E-state index is -0.244. The molecular weight excluding hydrogens is 294 g/mol. The largest absolute Gasteiger partial charge is 0.496 e. The van der Waals surface area contributed by atoms with Crippen LogP contribution in [0.1, 0.15) is 24.8 Å². The Bertz CT molecular complexity index is 450. The first-order valence-electron chi connectivity index (χ1n) is 6.17. The Hall–Kier alpha value is -0.870. The molecule has 1 fully saturated rings. The molecule has 1 saturated carbocycles. The van der Waals surface area contributed by atoms with Gasteiger partial charge >= 0.3 is 0 Å². The highest BCUT2D eigenvalue weighted by molar-refractivity contribution is 9.10. The fourth-order valence-electron chi connectivity index (χ4n) is 2.39. The number of hydrogen-bond donors (Lipinski definition) is 1. The van der Waals surface area contributed by atoms with E-state index in [9.17, 15) is 4.79 Å².